The van der Waals surface area contributed by atoms with Gasteiger partial charge in [-0.05, 0) is 38.3 Å². The Labute approximate surface area is 107 Å². The van der Waals surface area contributed by atoms with E-state index in [1.807, 2.05) is 32.2 Å². The first-order chi connectivity index (χ1) is 8.63. The Bertz CT molecular complexity index is 593. The number of carbonyl (C=O) groups excluding carboxylic acids is 1. The van der Waals surface area contributed by atoms with Crippen LogP contribution in [0.2, 0.25) is 0 Å². The van der Waals surface area contributed by atoms with Crippen molar-refractivity contribution in [3.63, 3.8) is 0 Å². The quantitative estimate of drug-likeness (QED) is 0.854. The molecule has 0 aliphatic heterocycles. The third-order valence-electron chi connectivity index (χ3n) is 3.71. The molecule has 1 aromatic carbocycles. The molecule has 1 heterocycles. The molecular formula is C15H18N2O. The van der Waals surface area contributed by atoms with Crippen molar-refractivity contribution in [3.05, 3.63) is 36.0 Å². The highest BCUT2D eigenvalue weighted by Gasteiger charge is 2.52. The van der Waals surface area contributed by atoms with E-state index in [1.165, 1.54) is 5.39 Å². The molecule has 3 rings (SSSR count). The van der Waals surface area contributed by atoms with Crippen LogP contribution in [0.1, 0.15) is 32.3 Å². The average molecular weight is 242 g/mol. The Morgan fingerprint density at radius 3 is 2.72 bits per heavy atom. The van der Waals surface area contributed by atoms with Crippen LogP contribution in [-0.4, -0.2) is 16.9 Å². The molecule has 0 bridgehead atoms. The van der Waals surface area contributed by atoms with Gasteiger partial charge < -0.3 is 10.3 Å². The topological polar surface area (TPSA) is 44.9 Å². The minimum atomic E-state index is -0.288. The Kier molecular flexibility index (Phi) is 2.44. The Hall–Kier alpha value is -1.77. The van der Waals surface area contributed by atoms with Crippen LogP contribution in [0.15, 0.2) is 30.5 Å². The number of nitrogens with one attached hydrogen (secondary N) is 2. The van der Waals surface area contributed by atoms with Crippen molar-refractivity contribution in [3.8, 4) is 0 Å². The molecule has 0 unspecified atom stereocenters. The third kappa shape index (κ3) is 1.62. The predicted octanol–water partition coefficient (Wildman–Crippen LogP) is 2.72. The second-order valence-electron chi connectivity index (χ2n) is 5.46. The molecule has 1 aromatic heterocycles. The van der Waals surface area contributed by atoms with Gasteiger partial charge in [0.2, 0.25) is 5.91 Å². The number of amides is 1. The summed E-state index contributed by atoms with van der Waals surface area (Å²) >= 11 is 0. The van der Waals surface area contributed by atoms with Crippen molar-refractivity contribution in [1.82, 2.24) is 10.3 Å². The number of aromatic nitrogens is 1. The molecule has 2 aromatic rings. The highest BCUT2D eigenvalue weighted by molar-refractivity contribution is 5.97. The maximum Gasteiger partial charge on any atom is 0.230 e. The van der Waals surface area contributed by atoms with E-state index in [9.17, 15) is 4.79 Å². The minimum absolute atomic E-state index is 0.169. The zero-order chi connectivity index (χ0) is 12.8. The van der Waals surface area contributed by atoms with Crippen LogP contribution in [0, 0.1) is 0 Å². The molecule has 1 saturated carbocycles. The summed E-state index contributed by atoms with van der Waals surface area (Å²) in [5.41, 5.74) is 1.97. The molecule has 0 atom stereocenters. The fourth-order valence-corrected chi connectivity index (χ4v) is 2.61. The standard InChI is InChI=1S/C15H18N2O/c1-10(2)17-14(18)15(7-8-15)12-9-16-13-6-4-3-5-11(12)13/h3-6,9-10,16H,7-8H2,1-2H3,(H,17,18). The summed E-state index contributed by atoms with van der Waals surface area (Å²) in [4.78, 5) is 15.6. The van der Waals surface area contributed by atoms with Gasteiger partial charge in [-0.1, -0.05) is 18.2 Å². The van der Waals surface area contributed by atoms with E-state index in [1.54, 1.807) is 0 Å². The summed E-state index contributed by atoms with van der Waals surface area (Å²) in [5, 5.41) is 4.22. The molecule has 3 nitrogen and oxygen atoms in total. The Morgan fingerprint density at radius 1 is 1.33 bits per heavy atom. The van der Waals surface area contributed by atoms with E-state index < -0.39 is 0 Å². The predicted molar refractivity (Wildman–Crippen MR) is 72.5 cm³/mol. The second-order valence-corrected chi connectivity index (χ2v) is 5.46. The van der Waals surface area contributed by atoms with Crippen molar-refractivity contribution in [1.29, 1.82) is 0 Å². The molecule has 1 aliphatic carbocycles. The first-order valence-electron chi connectivity index (χ1n) is 6.51. The van der Waals surface area contributed by atoms with Gasteiger partial charge in [0.1, 0.15) is 0 Å². The number of para-hydroxylation sites is 1. The summed E-state index contributed by atoms with van der Waals surface area (Å²) in [6.45, 7) is 4.01. The van der Waals surface area contributed by atoms with Gasteiger partial charge >= 0.3 is 0 Å². The Balaban J connectivity index is 2.01. The summed E-state index contributed by atoms with van der Waals surface area (Å²) in [6, 6.07) is 8.37. The van der Waals surface area contributed by atoms with Crippen molar-refractivity contribution < 1.29 is 4.79 Å². The monoisotopic (exact) mass is 242 g/mol. The van der Waals surface area contributed by atoms with Crippen molar-refractivity contribution in [2.24, 2.45) is 0 Å². The zero-order valence-corrected chi connectivity index (χ0v) is 10.8. The number of H-pyrrole nitrogens is 1. The fraction of sp³-hybridized carbons (Fsp3) is 0.400. The molecule has 94 valence electrons. The zero-order valence-electron chi connectivity index (χ0n) is 10.8. The summed E-state index contributed by atoms with van der Waals surface area (Å²) < 4.78 is 0. The number of aromatic amines is 1. The van der Waals surface area contributed by atoms with Crippen LogP contribution in [0.4, 0.5) is 0 Å². The molecule has 0 spiro atoms. The number of fused-ring (bicyclic) bond motifs is 1. The highest BCUT2D eigenvalue weighted by Crippen LogP contribution is 2.50. The van der Waals surface area contributed by atoms with Gasteiger partial charge in [0, 0.05) is 23.1 Å². The first kappa shape index (κ1) is 11.3. The lowest BCUT2D eigenvalue weighted by atomic mass is 9.94. The summed E-state index contributed by atoms with van der Waals surface area (Å²) in [7, 11) is 0. The lowest BCUT2D eigenvalue weighted by molar-refractivity contribution is -0.124. The average Bonchev–Trinajstić information content (AvgIpc) is 3.03. The third-order valence-corrected chi connectivity index (χ3v) is 3.71. The molecule has 18 heavy (non-hydrogen) atoms. The van der Waals surface area contributed by atoms with Gasteiger partial charge in [0.25, 0.3) is 0 Å². The fourth-order valence-electron chi connectivity index (χ4n) is 2.61. The van der Waals surface area contributed by atoms with Gasteiger partial charge in [-0.3, -0.25) is 4.79 Å². The number of benzene rings is 1. The molecule has 3 heteroatoms. The van der Waals surface area contributed by atoms with Crippen LogP contribution < -0.4 is 5.32 Å². The summed E-state index contributed by atoms with van der Waals surface area (Å²) in [6.07, 6.45) is 3.90. The molecule has 2 N–H and O–H groups in total. The molecule has 1 fully saturated rings. The number of carbonyl (C=O) groups is 1. The van der Waals surface area contributed by atoms with Crippen molar-refractivity contribution in [2.75, 3.05) is 0 Å². The van der Waals surface area contributed by atoms with Crippen LogP contribution in [-0.2, 0) is 10.2 Å². The Morgan fingerprint density at radius 2 is 2.06 bits per heavy atom. The molecule has 1 amide bonds. The van der Waals surface area contributed by atoms with E-state index >= 15 is 0 Å². The second kappa shape index (κ2) is 3.87. The number of hydrogen-bond acceptors (Lipinski definition) is 1. The largest absolute Gasteiger partial charge is 0.361 e. The highest BCUT2D eigenvalue weighted by atomic mass is 16.2. The SMILES string of the molecule is CC(C)NC(=O)C1(c2c[nH]c3ccccc23)CC1. The molecular weight excluding hydrogens is 224 g/mol. The summed E-state index contributed by atoms with van der Waals surface area (Å²) in [5.74, 6) is 0.169. The van der Waals surface area contributed by atoms with Gasteiger partial charge in [-0.25, -0.2) is 0 Å². The van der Waals surface area contributed by atoms with Crippen LogP contribution in [0.5, 0.6) is 0 Å². The van der Waals surface area contributed by atoms with E-state index in [0.717, 1.165) is 23.9 Å². The van der Waals surface area contributed by atoms with Crippen molar-refractivity contribution in [2.45, 2.75) is 38.1 Å². The smallest absolute Gasteiger partial charge is 0.230 e. The minimum Gasteiger partial charge on any atom is -0.361 e. The number of rotatable bonds is 3. The van der Waals surface area contributed by atoms with E-state index in [2.05, 4.69) is 22.4 Å². The first-order valence-corrected chi connectivity index (χ1v) is 6.51. The van der Waals surface area contributed by atoms with Gasteiger partial charge in [0.05, 0.1) is 5.41 Å². The normalized spacial score (nSPS) is 17.1. The molecule has 0 saturated heterocycles. The maximum atomic E-state index is 12.4. The number of hydrogen-bond donors (Lipinski definition) is 2. The molecule has 0 radical (unpaired) electrons. The lowest BCUT2D eigenvalue weighted by Gasteiger charge is -2.17. The van der Waals surface area contributed by atoms with Gasteiger partial charge in [-0.15, -0.1) is 0 Å². The van der Waals surface area contributed by atoms with E-state index in [4.69, 9.17) is 0 Å². The van der Waals surface area contributed by atoms with E-state index in [0.29, 0.717) is 0 Å². The van der Waals surface area contributed by atoms with Crippen LogP contribution >= 0.6 is 0 Å². The van der Waals surface area contributed by atoms with Gasteiger partial charge in [0.15, 0.2) is 0 Å². The van der Waals surface area contributed by atoms with Crippen LogP contribution in [0.3, 0.4) is 0 Å². The maximum absolute atomic E-state index is 12.4. The molecule has 1 aliphatic rings. The van der Waals surface area contributed by atoms with Crippen molar-refractivity contribution >= 4 is 16.8 Å². The van der Waals surface area contributed by atoms with E-state index in [-0.39, 0.29) is 17.4 Å². The van der Waals surface area contributed by atoms with Crippen LogP contribution in [0.25, 0.3) is 10.9 Å². The van der Waals surface area contributed by atoms with Gasteiger partial charge in [-0.2, -0.15) is 0 Å². The lowest BCUT2D eigenvalue weighted by Crippen LogP contribution is -2.38.